The van der Waals surface area contributed by atoms with Gasteiger partial charge in [-0.25, -0.2) is 13.0 Å². The van der Waals surface area contributed by atoms with Crippen LogP contribution in [0.4, 0.5) is 0 Å². The molecule has 2 aliphatic rings. The second-order valence-electron chi connectivity index (χ2n) is 6.68. The van der Waals surface area contributed by atoms with Gasteiger partial charge in [-0.1, -0.05) is 16.8 Å². The Bertz CT molecular complexity index is 766. The largest absolute Gasteiger partial charge is 0.330 e. The van der Waals surface area contributed by atoms with Crippen molar-refractivity contribution in [3.8, 4) is 0 Å². The second-order valence-corrected chi connectivity index (χ2v) is 8.84. The first-order chi connectivity index (χ1) is 11.3. The van der Waals surface area contributed by atoms with Crippen LogP contribution in [0, 0.1) is 6.92 Å². The van der Waals surface area contributed by atoms with Crippen LogP contribution in [-0.4, -0.2) is 77.7 Å². The van der Waals surface area contributed by atoms with Gasteiger partial charge in [0.05, 0.1) is 17.5 Å². The molecule has 1 aromatic heterocycles. The Balaban J connectivity index is 1.86. The van der Waals surface area contributed by atoms with E-state index >= 15 is 0 Å². The molecule has 2 fully saturated rings. The van der Waals surface area contributed by atoms with E-state index in [1.165, 1.54) is 5.57 Å². The number of carbonyl (C=O) groups excluding carboxylic acids is 1. The summed E-state index contributed by atoms with van der Waals surface area (Å²) in [6.07, 6.45) is 2.09. The summed E-state index contributed by atoms with van der Waals surface area (Å²) in [6, 6.07) is -0.527. The van der Waals surface area contributed by atoms with Gasteiger partial charge in [-0.15, -0.1) is 0 Å². The summed E-state index contributed by atoms with van der Waals surface area (Å²) in [5, 5.41) is 7.31. The molecule has 3 heterocycles. The van der Waals surface area contributed by atoms with E-state index in [1.807, 2.05) is 13.8 Å². The summed E-state index contributed by atoms with van der Waals surface area (Å²) < 4.78 is 29.0. The maximum atomic E-state index is 12.7. The highest BCUT2D eigenvalue weighted by molar-refractivity contribution is 7.91. The number of allylic oxidation sites excluding steroid dienone is 1. The number of fused-ring (bicyclic) bond motifs is 1. The van der Waals surface area contributed by atoms with E-state index in [0.29, 0.717) is 25.3 Å². The minimum Gasteiger partial charge on any atom is -0.330 e. The standard InChI is InChI=1S/C15H22N4O4S/c1-10(2)4-5-18-6-7-19(13-9-24(21,22)8-12(13)18)15(20)14-11(3)16-23-17-14/h4,12-13H,5-9H2,1-3H3/t12-,13+/m1/s1. The zero-order valence-corrected chi connectivity index (χ0v) is 14.9. The fourth-order valence-electron chi connectivity index (χ4n) is 3.37. The molecule has 0 bridgehead atoms. The molecular formula is C15H22N4O4S. The molecule has 8 nitrogen and oxygen atoms in total. The fraction of sp³-hybridized carbons (Fsp3) is 0.667. The lowest BCUT2D eigenvalue weighted by atomic mass is 10.0. The van der Waals surface area contributed by atoms with Gasteiger partial charge in [-0.05, 0) is 25.9 Å². The average molecular weight is 354 g/mol. The molecular weight excluding hydrogens is 332 g/mol. The summed E-state index contributed by atoms with van der Waals surface area (Å²) in [4.78, 5) is 16.5. The van der Waals surface area contributed by atoms with Crippen LogP contribution >= 0.6 is 0 Å². The van der Waals surface area contributed by atoms with Crippen LogP contribution in [-0.2, 0) is 9.84 Å². The lowest BCUT2D eigenvalue weighted by molar-refractivity contribution is 0.0359. The molecule has 2 atom stereocenters. The molecule has 0 N–H and O–H groups in total. The molecule has 2 saturated heterocycles. The smallest absolute Gasteiger partial charge is 0.278 e. The molecule has 1 aromatic rings. The minimum absolute atomic E-state index is 0.000937. The Morgan fingerprint density at radius 1 is 1.25 bits per heavy atom. The van der Waals surface area contributed by atoms with Crippen LogP contribution in [0.5, 0.6) is 0 Å². The molecule has 24 heavy (non-hydrogen) atoms. The Hall–Kier alpha value is -1.74. The van der Waals surface area contributed by atoms with Crippen molar-refractivity contribution in [2.45, 2.75) is 32.9 Å². The van der Waals surface area contributed by atoms with E-state index in [2.05, 4.69) is 25.9 Å². The summed E-state index contributed by atoms with van der Waals surface area (Å²) >= 11 is 0. The van der Waals surface area contributed by atoms with Gasteiger partial charge in [0, 0.05) is 25.7 Å². The number of rotatable bonds is 3. The van der Waals surface area contributed by atoms with E-state index < -0.39 is 9.84 Å². The molecule has 0 aromatic carbocycles. The fourth-order valence-corrected chi connectivity index (χ4v) is 5.38. The van der Waals surface area contributed by atoms with Crippen LogP contribution in [0.1, 0.15) is 30.0 Å². The van der Waals surface area contributed by atoms with E-state index in [-0.39, 0.29) is 35.2 Å². The van der Waals surface area contributed by atoms with Gasteiger partial charge in [-0.3, -0.25) is 9.69 Å². The van der Waals surface area contributed by atoms with E-state index in [9.17, 15) is 13.2 Å². The molecule has 0 unspecified atom stereocenters. The maximum absolute atomic E-state index is 12.7. The average Bonchev–Trinajstić information content (AvgIpc) is 3.05. The zero-order chi connectivity index (χ0) is 17.5. The number of nitrogens with zero attached hydrogens (tertiary/aromatic N) is 4. The predicted molar refractivity (Wildman–Crippen MR) is 87.3 cm³/mol. The van der Waals surface area contributed by atoms with Crippen LogP contribution in [0.2, 0.25) is 0 Å². The van der Waals surface area contributed by atoms with Crippen LogP contribution in [0.15, 0.2) is 16.3 Å². The predicted octanol–water partition coefficient (Wildman–Crippen LogP) is 0.268. The van der Waals surface area contributed by atoms with E-state index in [0.717, 1.165) is 0 Å². The first-order valence-electron chi connectivity index (χ1n) is 7.96. The number of hydrogen-bond acceptors (Lipinski definition) is 7. The van der Waals surface area contributed by atoms with E-state index in [4.69, 9.17) is 0 Å². The van der Waals surface area contributed by atoms with Crippen molar-refractivity contribution in [3.05, 3.63) is 23.0 Å². The number of sulfone groups is 1. The first-order valence-corrected chi connectivity index (χ1v) is 9.78. The number of amides is 1. The van der Waals surface area contributed by atoms with Gasteiger partial charge in [0.25, 0.3) is 5.91 Å². The SMILES string of the molecule is CC(C)=CCN1CCN(C(=O)c2nonc2C)[C@H]2CS(=O)(=O)C[C@H]21. The van der Waals surface area contributed by atoms with Crippen LogP contribution in [0.3, 0.4) is 0 Å². The highest BCUT2D eigenvalue weighted by atomic mass is 32.2. The number of piperazine rings is 1. The van der Waals surface area contributed by atoms with E-state index in [1.54, 1.807) is 11.8 Å². The van der Waals surface area contributed by atoms with Gasteiger partial charge < -0.3 is 4.90 Å². The van der Waals surface area contributed by atoms with Crippen molar-refractivity contribution >= 4 is 15.7 Å². The third-order valence-electron chi connectivity index (χ3n) is 4.64. The van der Waals surface area contributed by atoms with Crippen molar-refractivity contribution in [3.63, 3.8) is 0 Å². The van der Waals surface area contributed by atoms with Crippen molar-refractivity contribution in [2.75, 3.05) is 31.1 Å². The molecule has 0 aliphatic carbocycles. The van der Waals surface area contributed by atoms with Gasteiger partial charge in [0.15, 0.2) is 15.5 Å². The van der Waals surface area contributed by atoms with Crippen LogP contribution in [0.25, 0.3) is 0 Å². The number of aryl methyl sites for hydroxylation is 1. The Morgan fingerprint density at radius 3 is 2.58 bits per heavy atom. The molecule has 0 radical (unpaired) electrons. The summed E-state index contributed by atoms with van der Waals surface area (Å²) in [5.41, 5.74) is 1.77. The first kappa shape index (κ1) is 17.1. The third kappa shape index (κ3) is 3.23. The highest BCUT2D eigenvalue weighted by Crippen LogP contribution is 2.28. The maximum Gasteiger partial charge on any atom is 0.278 e. The summed E-state index contributed by atoms with van der Waals surface area (Å²) in [6.45, 7) is 7.49. The molecule has 2 aliphatic heterocycles. The summed E-state index contributed by atoms with van der Waals surface area (Å²) in [7, 11) is -3.16. The zero-order valence-electron chi connectivity index (χ0n) is 14.1. The monoisotopic (exact) mass is 354 g/mol. The Kier molecular flexibility index (Phi) is 4.48. The quantitative estimate of drug-likeness (QED) is 0.719. The Morgan fingerprint density at radius 2 is 1.96 bits per heavy atom. The summed E-state index contributed by atoms with van der Waals surface area (Å²) in [5.74, 6) is -0.213. The van der Waals surface area contributed by atoms with Gasteiger partial charge in [0.2, 0.25) is 0 Å². The van der Waals surface area contributed by atoms with Crippen LogP contribution < -0.4 is 0 Å². The second kappa shape index (κ2) is 6.29. The number of hydrogen-bond donors (Lipinski definition) is 0. The van der Waals surface area contributed by atoms with Crippen molar-refractivity contribution < 1.29 is 17.8 Å². The molecule has 0 saturated carbocycles. The topological polar surface area (TPSA) is 96.6 Å². The van der Waals surface area contributed by atoms with Gasteiger partial charge in [0.1, 0.15) is 5.69 Å². The lowest BCUT2D eigenvalue weighted by Gasteiger charge is -2.43. The normalized spacial score (nSPS) is 26.2. The third-order valence-corrected chi connectivity index (χ3v) is 6.34. The molecule has 1 amide bonds. The van der Waals surface area contributed by atoms with Crippen molar-refractivity contribution in [1.29, 1.82) is 0 Å². The highest BCUT2D eigenvalue weighted by Gasteiger charge is 2.48. The van der Waals surface area contributed by atoms with Crippen molar-refractivity contribution in [1.82, 2.24) is 20.1 Å². The molecule has 3 rings (SSSR count). The molecule has 0 spiro atoms. The number of aromatic nitrogens is 2. The molecule has 132 valence electrons. The Labute approximate surface area is 141 Å². The van der Waals surface area contributed by atoms with Gasteiger partial charge >= 0.3 is 0 Å². The molecule has 9 heteroatoms. The number of carbonyl (C=O) groups is 1. The van der Waals surface area contributed by atoms with Gasteiger partial charge in [-0.2, -0.15) is 0 Å². The minimum atomic E-state index is -3.16. The van der Waals surface area contributed by atoms with Crippen molar-refractivity contribution in [2.24, 2.45) is 0 Å². The lowest BCUT2D eigenvalue weighted by Crippen LogP contribution is -2.60.